The fourth-order valence-corrected chi connectivity index (χ4v) is 3.45. The predicted octanol–water partition coefficient (Wildman–Crippen LogP) is 2.66. The van der Waals surface area contributed by atoms with E-state index in [2.05, 4.69) is 20.3 Å². The molecular formula is C20H28FIN4O3S. The van der Waals surface area contributed by atoms with E-state index in [0.717, 1.165) is 5.56 Å². The number of aliphatic imine (C=N–C) groups is 1. The minimum atomic E-state index is -3.54. The fourth-order valence-electron chi connectivity index (χ4n) is 2.42. The highest BCUT2D eigenvalue weighted by Crippen LogP contribution is 2.12. The first kappa shape index (κ1) is 26.1. The monoisotopic (exact) mass is 550 g/mol. The first-order valence-corrected chi connectivity index (χ1v) is 10.7. The minimum Gasteiger partial charge on any atom is -0.489 e. The van der Waals surface area contributed by atoms with Crippen molar-refractivity contribution in [2.75, 3.05) is 26.7 Å². The summed E-state index contributed by atoms with van der Waals surface area (Å²) in [6, 6.07) is 12.5. The summed E-state index contributed by atoms with van der Waals surface area (Å²) >= 11 is 0. The number of hydrogen-bond acceptors (Lipinski definition) is 4. The van der Waals surface area contributed by atoms with Crippen LogP contribution in [0.3, 0.4) is 0 Å². The maximum absolute atomic E-state index is 12.9. The lowest BCUT2D eigenvalue weighted by Crippen LogP contribution is -2.44. The summed E-state index contributed by atoms with van der Waals surface area (Å²) in [6.07, 6.45) is -0.181. The van der Waals surface area contributed by atoms with E-state index in [1.54, 1.807) is 43.4 Å². The van der Waals surface area contributed by atoms with Crippen LogP contribution in [0.4, 0.5) is 4.39 Å². The molecule has 2 aromatic carbocycles. The van der Waals surface area contributed by atoms with E-state index in [9.17, 15) is 12.8 Å². The Morgan fingerprint density at radius 2 is 1.70 bits per heavy atom. The number of rotatable bonds is 9. The smallest absolute Gasteiger partial charge is 0.240 e. The van der Waals surface area contributed by atoms with Crippen molar-refractivity contribution in [2.45, 2.75) is 24.8 Å². The highest BCUT2D eigenvalue weighted by molar-refractivity contribution is 14.0. The molecule has 0 saturated carbocycles. The highest BCUT2D eigenvalue weighted by Gasteiger charge is 2.12. The van der Waals surface area contributed by atoms with Crippen LogP contribution in [0.5, 0.6) is 5.75 Å². The van der Waals surface area contributed by atoms with Gasteiger partial charge in [0.1, 0.15) is 17.7 Å². The number of aryl methyl sites for hydroxylation is 1. The lowest BCUT2D eigenvalue weighted by molar-refractivity contribution is 0.223. The zero-order valence-electron chi connectivity index (χ0n) is 17.2. The maximum Gasteiger partial charge on any atom is 0.240 e. The summed E-state index contributed by atoms with van der Waals surface area (Å²) in [5.74, 6) is 0.786. The third kappa shape index (κ3) is 8.84. The molecule has 7 nitrogen and oxygen atoms in total. The van der Waals surface area contributed by atoms with Crippen molar-refractivity contribution in [3.05, 3.63) is 59.9 Å². The Morgan fingerprint density at radius 3 is 2.30 bits per heavy atom. The lowest BCUT2D eigenvalue weighted by atomic mass is 10.2. The molecule has 30 heavy (non-hydrogen) atoms. The molecule has 0 bridgehead atoms. The van der Waals surface area contributed by atoms with E-state index < -0.39 is 10.0 Å². The Labute approximate surface area is 194 Å². The molecule has 0 spiro atoms. The molecule has 0 aliphatic heterocycles. The van der Waals surface area contributed by atoms with E-state index in [4.69, 9.17) is 4.74 Å². The van der Waals surface area contributed by atoms with Crippen molar-refractivity contribution in [1.82, 2.24) is 15.4 Å². The summed E-state index contributed by atoms with van der Waals surface area (Å²) < 4.78 is 45.6. The van der Waals surface area contributed by atoms with Crippen molar-refractivity contribution in [3.63, 3.8) is 0 Å². The van der Waals surface area contributed by atoms with Crippen LogP contribution in [0.2, 0.25) is 0 Å². The normalized spacial score (nSPS) is 12.6. The minimum absolute atomic E-state index is 0. The van der Waals surface area contributed by atoms with Crippen LogP contribution >= 0.6 is 24.0 Å². The molecule has 3 N–H and O–H groups in total. The number of halogens is 2. The van der Waals surface area contributed by atoms with Crippen molar-refractivity contribution in [3.8, 4) is 5.75 Å². The van der Waals surface area contributed by atoms with Gasteiger partial charge in [-0.05, 0) is 50.2 Å². The number of guanidine groups is 1. The SMILES string of the molecule is CN=C(NCCNS(=O)(=O)c1ccc(C)cc1)NCC(C)Oc1ccc(F)cc1.I. The van der Waals surface area contributed by atoms with Crippen LogP contribution in [0.1, 0.15) is 12.5 Å². The molecule has 0 fully saturated rings. The molecule has 0 heterocycles. The van der Waals surface area contributed by atoms with Gasteiger partial charge in [0.05, 0.1) is 11.4 Å². The summed E-state index contributed by atoms with van der Waals surface area (Å²) in [7, 11) is -1.92. The number of nitrogens with one attached hydrogen (secondary N) is 3. The van der Waals surface area contributed by atoms with Crippen molar-refractivity contribution in [2.24, 2.45) is 4.99 Å². The van der Waals surface area contributed by atoms with Crippen LogP contribution in [-0.2, 0) is 10.0 Å². The zero-order valence-corrected chi connectivity index (χ0v) is 20.3. The van der Waals surface area contributed by atoms with Gasteiger partial charge in [0.25, 0.3) is 0 Å². The van der Waals surface area contributed by atoms with Gasteiger partial charge in [-0.25, -0.2) is 17.5 Å². The number of ether oxygens (including phenoxy) is 1. The second-order valence-electron chi connectivity index (χ2n) is 6.47. The average molecular weight is 550 g/mol. The third-order valence-electron chi connectivity index (χ3n) is 3.97. The van der Waals surface area contributed by atoms with Gasteiger partial charge < -0.3 is 15.4 Å². The molecular weight excluding hydrogens is 522 g/mol. The van der Waals surface area contributed by atoms with Gasteiger partial charge in [-0.1, -0.05) is 17.7 Å². The van der Waals surface area contributed by atoms with Crippen LogP contribution in [-0.4, -0.2) is 47.2 Å². The molecule has 0 aliphatic rings. The number of nitrogens with zero attached hydrogens (tertiary/aromatic N) is 1. The third-order valence-corrected chi connectivity index (χ3v) is 5.45. The van der Waals surface area contributed by atoms with Crippen molar-refractivity contribution in [1.29, 1.82) is 0 Å². The van der Waals surface area contributed by atoms with E-state index >= 15 is 0 Å². The Kier molecular flexibility index (Phi) is 11.1. The van der Waals surface area contributed by atoms with Crippen LogP contribution in [0.15, 0.2) is 58.4 Å². The molecule has 1 unspecified atom stereocenters. The summed E-state index contributed by atoms with van der Waals surface area (Å²) in [5.41, 5.74) is 0.998. The van der Waals surface area contributed by atoms with Crippen molar-refractivity contribution < 1.29 is 17.5 Å². The van der Waals surface area contributed by atoms with Crippen LogP contribution < -0.4 is 20.1 Å². The Balaban J connectivity index is 0.00000450. The Morgan fingerprint density at radius 1 is 1.07 bits per heavy atom. The Bertz CT molecular complexity index is 907. The Hall–Kier alpha value is -1.92. The van der Waals surface area contributed by atoms with Gasteiger partial charge in [0, 0.05) is 20.1 Å². The van der Waals surface area contributed by atoms with E-state index in [-0.39, 0.29) is 47.3 Å². The van der Waals surface area contributed by atoms with Gasteiger partial charge in [-0.15, -0.1) is 24.0 Å². The molecule has 10 heteroatoms. The average Bonchev–Trinajstić information content (AvgIpc) is 2.69. The highest BCUT2D eigenvalue weighted by atomic mass is 127. The summed E-state index contributed by atoms with van der Waals surface area (Å²) in [4.78, 5) is 4.33. The maximum atomic E-state index is 12.9. The summed E-state index contributed by atoms with van der Waals surface area (Å²) in [6.45, 7) is 4.81. The second kappa shape index (κ2) is 12.7. The lowest BCUT2D eigenvalue weighted by Gasteiger charge is -2.18. The van der Waals surface area contributed by atoms with E-state index in [0.29, 0.717) is 24.8 Å². The molecule has 2 aromatic rings. The second-order valence-corrected chi connectivity index (χ2v) is 8.24. The van der Waals surface area contributed by atoms with E-state index in [1.807, 2.05) is 13.8 Å². The molecule has 0 radical (unpaired) electrons. The fraction of sp³-hybridized carbons (Fsp3) is 0.350. The molecule has 1 atom stereocenters. The summed E-state index contributed by atoms with van der Waals surface area (Å²) in [5, 5.41) is 6.14. The number of hydrogen-bond donors (Lipinski definition) is 3. The van der Waals surface area contributed by atoms with Gasteiger partial charge in [-0.2, -0.15) is 0 Å². The van der Waals surface area contributed by atoms with Gasteiger partial charge in [0.15, 0.2) is 5.96 Å². The van der Waals surface area contributed by atoms with Crippen LogP contribution in [0.25, 0.3) is 0 Å². The number of benzene rings is 2. The first-order valence-electron chi connectivity index (χ1n) is 9.23. The standard InChI is InChI=1S/C20H27FN4O3S.HI/c1-15-4-10-19(11-5-15)29(26,27)25-13-12-23-20(22-3)24-14-16(2)28-18-8-6-17(21)7-9-18;/h4-11,16,25H,12-14H2,1-3H3,(H2,22,23,24);1H. The van der Waals surface area contributed by atoms with Crippen LogP contribution in [0, 0.1) is 12.7 Å². The van der Waals surface area contributed by atoms with Crippen molar-refractivity contribution >= 4 is 40.0 Å². The zero-order chi connectivity index (χ0) is 21.3. The largest absolute Gasteiger partial charge is 0.489 e. The van der Waals surface area contributed by atoms with Gasteiger partial charge in [0.2, 0.25) is 10.0 Å². The molecule has 0 aliphatic carbocycles. The quantitative estimate of drug-likeness (QED) is 0.193. The molecule has 0 amide bonds. The number of sulfonamides is 1. The molecule has 166 valence electrons. The molecule has 0 saturated heterocycles. The van der Waals surface area contributed by atoms with Gasteiger partial charge in [-0.3, -0.25) is 4.99 Å². The predicted molar refractivity (Wildman–Crippen MR) is 128 cm³/mol. The molecule has 2 rings (SSSR count). The first-order chi connectivity index (χ1) is 13.8. The van der Waals surface area contributed by atoms with E-state index in [1.165, 1.54) is 12.1 Å². The topological polar surface area (TPSA) is 91.8 Å². The van der Waals surface area contributed by atoms with Gasteiger partial charge >= 0.3 is 0 Å². The molecule has 0 aromatic heterocycles.